The number of rotatable bonds is 4. The third kappa shape index (κ3) is 3.08. The highest BCUT2D eigenvalue weighted by Crippen LogP contribution is 2.33. The fourth-order valence-electron chi connectivity index (χ4n) is 1.89. The highest BCUT2D eigenvalue weighted by Gasteiger charge is 2.27. The van der Waals surface area contributed by atoms with E-state index in [0.717, 1.165) is 6.54 Å². The molecule has 1 aliphatic rings. The normalized spacial score (nSPS) is 17.2. The van der Waals surface area contributed by atoms with Gasteiger partial charge in [-0.25, -0.2) is 0 Å². The van der Waals surface area contributed by atoms with E-state index in [1.54, 1.807) is 25.1 Å². The van der Waals surface area contributed by atoms with Crippen molar-refractivity contribution in [1.82, 2.24) is 10.2 Å². The molecule has 2 N–H and O–H groups in total. The molecule has 1 heterocycles. The van der Waals surface area contributed by atoms with E-state index in [9.17, 15) is 9.59 Å². The average molecular weight is 277 g/mol. The van der Waals surface area contributed by atoms with Crippen molar-refractivity contribution in [3.05, 3.63) is 23.8 Å². The van der Waals surface area contributed by atoms with Crippen LogP contribution >= 0.6 is 0 Å². The van der Waals surface area contributed by atoms with Crippen LogP contribution in [0.25, 0.3) is 0 Å². The molecule has 0 saturated heterocycles. The molecule has 0 bridgehead atoms. The molecule has 20 heavy (non-hydrogen) atoms. The first kappa shape index (κ1) is 14.3. The molecule has 1 unspecified atom stereocenters. The summed E-state index contributed by atoms with van der Waals surface area (Å²) in [5, 5.41) is 5.56. The Morgan fingerprint density at radius 3 is 2.90 bits per heavy atom. The number of carbonyl (C=O) groups excluding carboxylic acids is 2. The van der Waals surface area contributed by atoms with E-state index in [0.29, 0.717) is 23.5 Å². The molecule has 1 aliphatic heterocycles. The van der Waals surface area contributed by atoms with Crippen LogP contribution in [0, 0.1) is 0 Å². The molecule has 1 aromatic rings. The van der Waals surface area contributed by atoms with E-state index in [-0.39, 0.29) is 11.8 Å². The molecule has 0 saturated carbocycles. The third-order valence-electron chi connectivity index (χ3n) is 3.03. The van der Waals surface area contributed by atoms with Gasteiger partial charge in [0.1, 0.15) is 0 Å². The Bertz CT molecular complexity index is 528. The first-order valence-electron chi connectivity index (χ1n) is 6.52. The fraction of sp³-hybridized carbons (Fsp3) is 0.429. The lowest BCUT2D eigenvalue weighted by Crippen LogP contribution is -2.36. The first-order chi connectivity index (χ1) is 9.49. The number of fused-ring (bicyclic) bond motifs is 1. The van der Waals surface area contributed by atoms with Gasteiger partial charge in [0.2, 0.25) is 0 Å². The van der Waals surface area contributed by atoms with Gasteiger partial charge in [0.05, 0.1) is 11.3 Å². The lowest BCUT2D eigenvalue weighted by molar-refractivity contribution is -0.122. The van der Waals surface area contributed by atoms with Crippen LogP contribution in [0.15, 0.2) is 18.2 Å². The molecule has 0 aliphatic carbocycles. The number of carbonyl (C=O) groups is 2. The number of nitrogens with one attached hydrogen (secondary N) is 2. The SMILES string of the molecule is CC1Oc2c(cccc2C(=O)NCCN(C)C)NC1=O. The molecule has 6 heteroatoms. The Morgan fingerprint density at radius 2 is 2.20 bits per heavy atom. The zero-order valence-electron chi connectivity index (χ0n) is 11.9. The number of nitrogens with zero attached hydrogens (tertiary/aromatic N) is 1. The van der Waals surface area contributed by atoms with E-state index >= 15 is 0 Å². The Kier molecular flexibility index (Phi) is 4.24. The molecule has 0 aromatic heterocycles. The zero-order valence-corrected chi connectivity index (χ0v) is 11.9. The predicted octanol–water partition coefficient (Wildman–Crippen LogP) is 0.697. The van der Waals surface area contributed by atoms with Crippen molar-refractivity contribution in [2.75, 3.05) is 32.5 Å². The molecule has 2 amide bonds. The maximum absolute atomic E-state index is 12.2. The summed E-state index contributed by atoms with van der Waals surface area (Å²) in [6.45, 7) is 2.96. The summed E-state index contributed by atoms with van der Waals surface area (Å²) in [6.07, 6.45) is -0.599. The summed E-state index contributed by atoms with van der Waals surface area (Å²) in [4.78, 5) is 25.7. The van der Waals surface area contributed by atoms with Crippen molar-refractivity contribution in [2.24, 2.45) is 0 Å². The van der Waals surface area contributed by atoms with Crippen molar-refractivity contribution < 1.29 is 14.3 Å². The van der Waals surface area contributed by atoms with E-state index in [1.165, 1.54) is 0 Å². The lowest BCUT2D eigenvalue weighted by atomic mass is 10.1. The van der Waals surface area contributed by atoms with Crippen molar-refractivity contribution >= 4 is 17.5 Å². The number of anilines is 1. The van der Waals surface area contributed by atoms with E-state index < -0.39 is 6.10 Å². The van der Waals surface area contributed by atoms with E-state index in [4.69, 9.17) is 4.74 Å². The second-order valence-corrected chi connectivity index (χ2v) is 4.99. The zero-order chi connectivity index (χ0) is 14.7. The number of likely N-dealkylation sites (N-methyl/N-ethyl adjacent to an activating group) is 1. The summed E-state index contributed by atoms with van der Waals surface area (Å²) >= 11 is 0. The number of ether oxygens (including phenoxy) is 1. The standard InChI is InChI=1S/C14H19N3O3/c1-9-13(18)16-11-6-4-5-10(12(11)20-9)14(19)15-7-8-17(2)3/h4-6,9H,7-8H2,1-3H3,(H,15,19)(H,16,18). The van der Waals surface area contributed by atoms with Gasteiger partial charge in [-0.05, 0) is 33.2 Å². The number of hydrogen-bond donors (Lipinski definition) is 2. The highest BCUT2D eigenvalue weighted by molar-refractivity contribution is 6.03. The minimum Gasteiger partial charge on any atom is -0.478 e. The topological polar surface area (TPSA) is 70.7 Å². The minimum absolute atomic E-state index is 0.202. The van der Waals surface area contributed by atoms with Crippen LogP contribution in [-0.4, -0.2) is 50.0 Å². The summed E-state index contributed by atoms with van der Waals surface area (Å²) in [6, 6.07) is 5.13. The number of para-hydroxylation sites is 1. The van der Waals surface area contributed by atoms with Gasteiger partial charge in [0.15, 0.2) is 11.9 Å². The predicted molar refractivity (Wildman–Crippen MR) is 76.0 cm³/mol. The molecule has 2 rings (SSSR count). The number of hydrogen-bond acceptors (Lipinski definition) is 4. The van der Waals surface area contributed by atoms with Crippen molar-refractivity contribution in [3.8, 4) is 5.75 Å². The summed E-state index contributed by atoms with van der Waals surface area (Å²) < 4.78 is 5.54. The van der Waals surface area contributed by atoms with E-state index in [1.807, 2.05) is 19.0 Å². The van der Waals surface area contributed by atoms with Crippen LogP contribution in [0.1, 0.15) is 17.3 Å². The smallest absolute Gasteiger partial charge is 0.265 e. The van der Waals surface area contributed by atoms with Crippen LogP contribution in [0.2, 0.25) is 0 Å². The first-order valence-corrected chi connectivity index (χ1v) is 6.52. The quantitative estimate of drug-likeness (QED) is 0.850. The van der Waals surface area contributed by atoms with Gasteiger partial charge >= 0.3 is 0 Å². The highest BCUT2D eigenvalue weighted by atomic mass is 16.5. The largest absolute Gasteiger partial charge is 0.478 e. The fourth-order valence-corrected chi connectivity index (χ4v) is 1.89. The van der Waals surface area contributed by atoms with Gasteiger partial charge in [0, 0.05) is 13.1 Å². The molecule has 0 fully saturated rings. The molecular formula is C14H19N3O3. The summed E-state index contributed by atoms with van der Waals surface area (Å²) in [5.74, 6) is 0.0247. The van der Waals surface area contributed by atoms with Gasteiger partial charge in [-0.2, -0.15) is 0 Å². The van der Waals surface area contributed by atoms with Crippen LogP contribution in [0.3, 0.4) is 0 Å². The minimum atomic E-state index is -0.599. The molecule has 0 radical (unpaired) electrons. The van der Waals surface area contributed by atoms with Gasteiger partial charge in [-0.1, -0.05) is 6.07 Å². The Morgan fingerprint density at radius 1 is 1.45 bits per heavy atom. The Balaban J connectivity index is 2.15. The molecule has 108 valence electrons. The van der Waals surface area contributed by atoms with Crippen LogP contribution < -0.4 is 15.4 Å². The van der Waals surface area contributed by atoms with Gasteiger partial charge in [0.25, 0.3) is 11.8 Å². The van der Waals surface area contributed by atoms with Crippen LogP contribution in [0.4, 0.5) is 5.69 Å². The average Bonchev–Trinajstić information content (AvgIpc) is 2.39. The molecule has 1 atom stereocenters. The van der Waals surface area contributed by atoms with Crippen molar-refractivity contribution in [1.29, 1.82) is 0 Å². The maximum Gasteiger partial charge on any atom is 0.265 e. The number of benzene rings is 1. The Hall–Kier alpha value is -2.08. The second-order valence-electron chi connectivity index (χ2n) is 4.99. The monoisotopic (exact) mass is 277 g/mol. The molecule has 6 nitrogen and oxygen atoms in total. The molecular weight excluding hydrogens is 258 g/mol. The second kappa shape index (κ2) is 5.92. The van der Waals surface area contributed by atoms with Gasteiger partial charge in [-0.3, -0.25) is 9.59 Å². The third-order valence-corrected chi connectivity index (χ3v) is 3.03. The van der Waals surface area contributed by atoms with Crippen molar-refractivity contribution in [2.45, 2.75) is 13.0 Å². The van der Waals surface area contributed by atoms with Gasteiger partial charge < -0.3 is 20.3 Å². The lowest BCUT2D eigenvalue weighted by Gasteiger charge is -2.25. The molecule has 0 spiro atoms. The summed E-state index contributed by atoms with van der Waals surface area (Å²) in [5.41, 5.74) is 0.974. The Labute approximate surface area is 118 Å². The van der Waals surface area contributed by atoms with Crippen LogP contribution in [0.5, 0.6) is 5.75 Å². The summed E-state index contributed by atoms with van der Waals surface area (Å²) in [7, 11) is 3.88. The maximum atomic E-state index is 12.2. The van der Waals surface area contributed by atoms with Crippen molar-refractivity contribution in [3.63, 3.8) is 0 Å². The van der Waals surface area contributed by atoms with Gasteiger partial charge in [-0.15, -0.1) is 0 Å². The molecule has 1 aromatic carbocycles. The van der Waals surface area contributed by atoms with E-state index in [2.05, 4.69) is 10.6 Å². The number of amides is 2. The van der Waals surface area contributed by atoms with Crippen LogP contribution in [-0.2, 0) is 4.79 Å².